The van der Waals surface area contributed by atoms with E-state index in [1.54, 1.807) is 31.3 Å². The summed E-state index contributed by atoms with van der Waals surface area (Å²) in [5, 5.41) is 0. The minimum absolute atomic E-state index is 0.330. The number of aryl methyl sites for hydroxylation is 1. The molecule has 0 amide bonds. The van der Waals surface area contributed by atoms with Gasteiger partial charge in [-0.15, -0.1) is 0 Å². The molecule has 2 rings (SSSR count). The van der Waals surface area contributed by atoms with Crippen LogP contribution in [0.4, 0.5) is 0 Å². The van der Waals surface area contributed by atoms with Crippen LogP contribution >= 0.6 is 0 Å². The van der Waals surface area contributed by atoms with E-state index >= 15 is 0 Å². The molecule has 1 heterocycles. The molecule has 0 radical (unpaired) electrons. The monoisotopic (exact) mass is 276 g/mol. The van der Waals surface area contributed by atoms with Crippen LogP contribution in [-0.4, -0.2) is 19.9 Å². The van der Waals surface area contributed by atoms with E-state index in [4.69, 9.17) is 0 Å². The first kappa shape index (κ1) is 13.7. The Morgan fingerprint density at radius 2 is 1.84 bits per heavy atom. The zero-order valence-corrected chi connectivity index (χ0v) is 11.5. The number of hydrogen-bond acceptors (Lipinski definition) is 3. The van der Waals surface area contributed by atoms with Gasteiger partial charge < -0.3 is 0 Å². The molecule has 1 N–H and O–H groups in total. The number of rotatable bonds is 5. The number of nitrogens with one attached hydrogen (secondary N) is 1. The third kappa shape index (κ3) is 3.62. The first-order valence-electron chi connectivity index (χ1n) is 6.05. The van der Waals surface area contributed by atoms with Crippen LogP contribution < -0.4 is 4.72 Å². The molecule has 1 aromatic heterocycles. The zero-order valence-electron chi connectivity index (χ0n) is 10.7. The Labute approximate surface area is 113 Å². The molecule has 0 atom stereocenters. The van der Waals surface area contributed by atoms with Gasteiger partial charge in [0, 0.05) is 24.9 Å². The fourth-order valence-corrected chi connectivity index (χ4v) is 3.07. The van der Waals surface area contributed by atoms with Gasteiger partial charge in [-0.3, -0.25) is 4.98 Å². The topological polar surface area (TPSA) is 59.1 Å². The second-order valence-electron chi connectivity index (χ2n) is 4.23. The Morgan fingerprint density at radius 3 is 2.53 bits per heavy atom. The van der Waals surface area contributed by atoms with Crippen LogP contribution in [0.5, 0.6) is 0 Å². The molecule has 0 unspecified atom stereocenters. The molecule has 0 saturated carbocycles. The van der Waals surface area contributed by atoms with Gasteiger partial charge in [-0.05, 0) is 30.7 Å². The highest BCUT2D eigenvalue weighted by atomic mass is 32.2. The Kier molecular flexibility index (Phi) is 4.29. The van der Waals surface area contributed by atoms with Crippen LogP contribution in [0.2, 0.25) is 0 Å². The molecule has 100 valence electrons. The summed E-state index contributed by atoms with van der Waals surface area (Å²) >= 11 is 0. The summed E-state index contributed by atoms with van der Waals surface area (Å²) in [5.74, 6) is 0. The van der Waals surface area contributed by atoms with Crippen molar-refractivity contribution in [2.45, 2.75) is 18.2 Å². The first-order chi connectivity index (χ1) is 9.09. The molecule has 0 spiro atoms. The van der Waals surface area contributed by atoms with Crippen molar-refractivity contribution in [3.63, 3.8) is 0 Å². The number of aromatic nitrogens is 1. The lowest BCUT2D eigenvalue weighted by molar-refractivity contribution is 0.580. The van der Waals surface area contributed by atoms with Gasteiger partial charge in [-0.1, -0.05) is 24.3 Å². The highest BCUT2D eigenvalue weighted by Gasteiger charge is 2.15. The van der Waals surface area contributed by atoms with Crippen LogP contribution in [0, 0.1) is 6.92 Å². The van der Waals surface area contributed by atoms with Gasteiger partial charge in [0.25, 0.3) is 0 Å². The van der Waals surface area contributed by atoms with Gasteiger partial charge in [0.05, 0.1) is 4.90 Å². The summed E-state index contributed by atoms with van der Waals surface area (Å²) in [7, 11) is -3.44. The summed E-state index contributed by atoms with van der Waals surface area (Å²) in [6.07, 6.45) is 2.27. The second-order valence-corrected chi connectivity index (χ2v) is 5.97. The van der Waals surface area contributed by atoms with Crippen LogP contribution in [0.3, 0.4) is 0 Å². The van der Waals surface area contributed by atoms with Crippen LogP contribution in [0.25, 0.3) is 0 Å². The van der Waals surface area contributed by atoms with E-state index in [9.17, 15) is 8.42 Å². The first-order valence-corrected chi connectivity index (χ1v) is 7.53. The van der Waals surface area contributed by atoms with E-state index in [0.717, 1.165) is 11.3 Å². The van der Waals surface area contributed by atoms with E-state index in [1.165, 1.54) is 0 Å². The SMILES string of the molecule is Cc1ccccc1S(=O)(=O)NCCc1ccccn1. The van der Waals surface area contributed by atoms with Crippen molar-refractivity contribution >= 4 is 10.0 Å². The van der Waals surface area contributed by atoms with Gasteiger partial charge in [0.1, 0.15) is 0 Å². The molecule has 0 fully saturated rings. The summed E-state index contributed by atoms with van der Waals surface area (Å²) in [4.78, 5) is 4.48. The average Bonchev–Trinajstić information content (AvgIpc) is 2.40. The lowest BCUT2D eigenvalue weighted by atomic mass is 10.2. The Bertz CT molecular complexity index is 640. The molecule has 19 heavy (non-hydrogen) atoms. The van der Waals surface area contributed by atoms with E-state index in [-0.39, 0.29) is 0 Å². The van der Waals surface area contributed by atoms with Crippen molar-refractivity contribution < 1.29 is 8.42 Å². The van der Waals surface area contributed by atoms with Crippen LogP contribution in [-0.2, 0) is 16.4 Å². The quantitative estimate of drug-likeness (QED) is 0.907. The van der Waals surface area contributed by atoms with E-state index in [1.807, 2.05) is 24.3 Å². The number of pyridine rings is 1. The van der Waals surface area contributed by atoms with Gasteiger partial charge in [-0.2, -0.15) is 0 Å². The molecule has 5 heteroatoms. The lowest BCUT2D eigenvalue weighted by Crippen LogP contribution is -2.26. The van der Waals surface area contributed by atoms with Gasteiger partial charge in [0.15, 0.2) is 0 Å². The third-order valence-electron chi connectivity index (χ3n) is 2.78. The maximum Gasteiger partial charge on any atom is 0.240 e. The smallest absolute Gasteiger partial charge is 0.240 e. The predicted octanol–water partition coefficient (Wildman–Crippen LogP) is 1.91. The normalized spacial score (nSPS) is 11.4. The Morgan fingerprint density at radius 1 is 1.11 bits per heavy atom. The maximum atomic E-state index is 12.1. The van der Waals surface area contributed by atoms with Crippen LogP contribution in [0.15, 0.2) is 53.6 Å². The summed E-state index contributed by atoms with van der Waals surface area (Å²) in [6.45, 7) is 2.13. The molecule has 0 aliphatic rings. The largest absolute Gasteiger partial charge is 0.261 e. The number of hydrogen-bond donors (Lipinski definition) is 1. The molecule has 4 nitrogen and oxygen atoms in total. The third-order valence-corrected chi connectivity index (χ3v) is 4.40. The fourth-order valence-electron chi connectivity index (χ4n) is 1.80. The van der Waals surface area contributed by atoms with Crippen molar-refractivity contribution in [2.75, 3.05) is 6.54 Å². The molecule has 0 aliphatic carbocycles. The summed E-state index contributed by atoms with van der Waals surface area (Å²) in [5.41, 5.74) is 1.61. The average molecular weight is 276 g/mol. The maximum absolute atomic E-state index is 12.1. The van der Waals surface area contributed by atoms with Crippen molar-refractivity contribution in [1.82, 2.24) is 9.71 Å². The molecular weight excluding hydrogens is 260 g/mol. The van der Waals surface area contributed by atoms with E-state index in [2.05, 4.69) is 9.71 Å². The van der Waals surface area contributed by atoms with Crippen molar-refractivity contribution in [3.05, 3.63) is 59.9 Å². The molecule has 1 aromatic carbocycles. The molecular formula is C14H16N2O2S. The predicted molar refractivity (Wildman–Crippen MR) is 74.3 cm³/mol. The molecule has 0 aliphatic heterocycles. The fraction of sp³-hybridized carbons (Fsp3) is 0.214. The van der Waals surface area contributed by atoms with E-state index in [0.29, 0.717) is 17.9 Å². The standard InChI is InChI=1S/C14H16N2O2S/c1-12-6-2-3-8-14(12)19(17,18)16-11-9-13-7-4-5-10-15-13/h2-8,10,16H,9,11H2,1H3. The lowest BCUT2D eigenvalue weighted by Gasteiger charge is -2.08. The second kappa shape index (κ2) is 5.95. The molecule has 2 aromatic rings. The molecule has 0 saturated heterocycles. The van der Waals surface area contributed by atoms with E-state index < -0.39 is 10.0 Å². The number of sulfonamides is 1. The Balaban J connectivity index is 2.01. The van der Waals surface area contributed by atoms with Crippen molar-refractivity contribution in [2.24, 2.45) is 0 Å². The highest BCUT2D eigenvalue weighted by Crippen LogP contribution is 2.13. The van der Waals surface area contributed by atoms with Gasteiger partial charge >= 0.3 is 0 Å². The molecule has 0 bridgehead atoms. The van der Waals surface area contributed by atoms with Gasteiger partial charge in [0.2, 0.25) is 10.0 Å². The van der Waals surface area contributed by atoms with Crippen molar-refractivity contribution in [3.8, 4) is 0 Å². The van der Waals surface area contributed by atoms with Crippen LogP contribution in [0.1, 0.15) is 11.3 Å². The zero-order chi connectivity index (χ0) is 13.7. The summed E-state index contributed by atoms with van der Waals surface area (Å²) < 4.78 is 26.8. The van der Waals surface area contributed by atoms with Crippen molar-refractivity contribution in [1.29, 1.82) is 0 Å². The summed E-state index contributed by atoms with van der Waals surface area (Å²) in [6, 6.07) is 12.5. The van der Waals surface area contributed by atoms with Gasteiger partial charge in [-0.25, -0.2) is 13.1 Å². The number of nitrogens with zero attached hydrogens (tertiary/aromatic N) is 1. The highest BCUT2D eigenvalue weighted by molar-refractivity contribution is 7.89. The Hall–Kier alpha value is -1.72. The minimum atomic E-state index is -3.44. The minimum Gasteiger partial charge on any atom is -0.261 e. The number of benzene rings is 1.